The lowest BCUT2D eigenvalue weighted by molar-refractivity contribution is 0.102. The minimum Gasteiger partial charge on any atom is -0.322 e. The molecule has 2 rings (SSSR count). The minimum atomic E-state index is -3.58. The van der Waals surface area contributed by atoms with Gasteiger partial charge in [0, 0.05) is 17.3 Å². The monoisotopic (exact) mass is 350 g/mol. The number of benzene rings is 2. The molecule has 1 atom stereocenters. The summed E-state index contributed by atoms with van der Waals surface area (Å²) in [6.07, 6.45) is 0.686. The summed E-state index contributed by atoms with van der Waals surface area (Å²) in [7, 11) is -3.58. The first-order valence-electron chi connectivity index (χ1n) is 7.51. The Balaban J connectivity index is 2.09. The Morgan fingerprint density at radius 2 is 1.67 bits per heavy atom. The number of halogens is 1. The molecule has 0 aromatic heterocycles. The third-order valence-corrected chi connectivity index (χ3v) is 5.10. The standard InChI is InChI=1S/C17H19FN2O3S/c1-3-12(2)20-24(22,23)16-10-8-15(9-11-16)19-17(21)13-4-6-14(18)7-5-13/h4-12,20H,3H2,1-2H3,(H,19,21)/t12-/m0/s1. The Morgan fingerprint density at radius 1 is 1.08 bits per heavy atom. The normalized spacial score (nSPS) is 12.6. The third-order valence-electron chi connectivity index (χ3n) is 3.50. The van der Waals surface area contributed by atoms with E-state index in [4.69, 9.17) is 0 Å². The van der Waals surface area contributed by atoms with Crippen molar-refractivity contribution in [2.24, 2.45) is 0 Å². The first-order chi connectivity index (χ1) is 11.3. The highest BCUT2D eigenvalue weighted by atomic mass is 32.2. The predicted octanol–water partition coefficient (Wildman–Crippen LogP) is 3.15. The van der Waals surface area contributed by atoms with Gasteiger partial charge in [-0.15, -0.1) is 0 Å². The van der Waals surface area contributed by atoms with E-state index in [-0.39, 0.29) is 10.9 Å². The van der Waals surface area contributed by atoms with Crippen molar-refractivity contribution in [1.29, 1.82) is 0 Å². The lowest BCUT2D eigenvalue weighted by Crippen LogP contribution is -2.31. The number of carbonyl (C=O) groups excluding carboxylic acids is 1. The van der Waals surface area contributed by atoms with Crippen LogP contribution >= 0.6 is 0 Å². The summed E-state index contributed by atoms with van der Waals surface area (Å²) < 4.78 is 39.7. The van der Waals surface area contributed by atoms with Crippen LogP contribution in [-0.4, -0.2) is 20.4 Å². The van der Waals surface area contributed by atoms with Crippen molar-refractivity contribution >= 4 is 21.6 Å². The SMILES string of the molecule is CC[C@H](C)NS(=O)(=O)c1ccc(NC(=O)c2ccc(F)cc2)cc1. The van der Waals surface area contributed by atoms with Crippen molar-refractivity contribution in [1.82, 2.24) is 4.72 Å². The highest BCUT2D eigenvalue weighted by Crippen LogP contribution is 2.16. The van der Waals surface area contributed by atoms with Gasteiger partial charge in [0.2, 0.25) is 10.0 Å². The molecule has 1 amide bonds. The van der Waals surface area contributed by atoms with E-state index in [0.717, 1.165) is 0 Å². The van der Waals surface area contributed by atoms with Gasteiger partial charge in [0.1, 0.15) is 5.82 Å². The molecule has 0 radical (unpaired) electrons. The van der Waals surface area contributed by atoms with Gasteiger partial charge in [-0.2, -0.15) is 0 Å². The predicted molar refractivity (Wildman–Crippen MR) is 90.9 cm³/mol. The molecule has 128 valence electrons. The zero-order valence-electron chi connectivity index (χ0n) is 13.4. The maximum absolute atomic E-state index is 12.9. The van der Waals surface area contributed by atoms with Crippen molar-refractivity contribution in [3.63, 3.8) is 0 Å². The number of amides is 1. The van der Waals surface area contributed by atoms with E-state index >= 15 is 0 Å². The van der Waals surface area contributed by atoms with E-state index in [1.54, 1.807) is 6.92 Å². The van der Waals surface area contributed by atoms with Gasteiger partial charge in [-0.1, -0.05) is 6.92 Å². The maximum Gasteiger partial charge on any atom is 0.255 e. The van der Waals surface area contributed by atoms with Crippen molar-refractivity contribution < 1.29 is 17.6 Å². The van der Waals surface area contributed by atoms with Crippen LogP contribution in [0.4, 0.5) is 10.1 Å². The van der Waals surface area contributed by atoms with Crippen LogP contribution in [0.1, 0.15) is 30.6 Å². The molecule has 7 heteroatoms. The molecule has 0 saturated heterocycles. The number of nitrogens with one attached hydrogen (secondary N) is 2. The van der Waals surface area contributed by atoms with E-state index in [0.29, 0.717) is 17.7 Å². The van der Waals surface area contributed by atoms with Crippen molar-refractivity contribution in [3.05, 3.63) is 59.9 Å². The van der Waals surface area contributed by atoms with Gasteiger partial charge in [-0.05, 0) is 61.9 Å². The molecule has 2 aromatic rings. The number of sulfonamides is 1. The molecule has 0 fully saturated rings. The maximum atomic E-state index is 12.9. The minimum absolute atomic E-state index is 0.127. The zero-order chi connectivity index (χ0) is 17.7. The van der Waals surface area contributed by atoms with E-state index in [1.807, 2.05) is 6.92 Å². The summed E-state index contributed by atoms with van der Waals surface area (Å²) in [5.41, 5.74) is 0.762. The van der Waals surface area contributed by atoms with E-state index < -0.39 is 21.7 Å². The summed E-state index contributed by atoms with van der Waals surface area (Å²) in [4.78, 5) is 12.2. The quantitative estimate of drug-likeness (QED) is 0.840. The molecule has 0 aliphatic rings. The second-order valence-electron chi connectivity index (χ2n) is 5.42. The second-order valence-corrected chi connectivity index (χ2v) is 7.13. The van der Waals surface area contributed by atoms with E-state index in [1.165, 1.54) is 48.5 Å². The molecule has 0 spiro atoms. The Labute approximate surface area is 141 Å². The van der Waals surface area contributed by atoms with E-state index in [2.05, 4.69) is 10.0 Å². The van der Waals surface area contributed by atoms with Crippen molar-refractivity contribution in [2.45, 2.75) is 31.2 Å². The highest BCUT2D eigenvalue weighted by Gasteiger charge is 2.16. The first kappa shape index (κ1) is 18.1. The van der Waals surface area contributed by atoms with Crippen LogP contribution in [-0.2, 0) is 10.0 Å². The average Bonchev–Trinajstić information content (AvgIpc) is 2.55. The van der Waals surface area contributed by atoms with Gasteiger partial charge in [-0.3, -0.25) is 4.79 Å². The molecule has 2 N–H and O–H groups in total. The van der Waals surface area contributed by atoms with Crippen molar-refractivity contribution in [2.75, 3.05) is 5.32 Å². The third kappa shape index (κ3) is 4.62. The molecule has 0 heterocycles. The first-order valence-corrected chi connectivity index (χ1v) is 8.99. The molecular weight excluding hydrogens is 331 g/mol. The molecule has 0 saturated carbocycles. The zero-order valence-corrected chi connectivity index (χ0v) is 14.2. The fraction of sp³-hybridized carbons (Fsp3) is 0.235. The largest absolute Gasteiger partial charge is 0.322 e. The molecule has 0 bridgehead atoms. The second kappa shape index (κ2) is 7.55. The van der Waals surface area contributed by atoms with Crippen LogP contribution < -0.4 is 10.0 Å². The van der Waals surface area contributed by atoms with Crippen LogP contribution in [0.5, 0.6) is 0 Å². The van der Waals surface area contributed by atoms with Crippen LogP contribution in [0.3, 0.4) is 0 Å². The topological polar surface area (TPSA) is 75.3 Å². The summed E-state index contributed by atoms with van der Waals surface area (Å²) in [5.74, 6) is -0.821. The number of carbonyl (C=O) groups is 1. The highest BCUT2D eigenvalue weighted by molar-refractivity contribution is 7.89. The lowest BCUT2D eigenvalue weighted by atomic mass is 10.2. The van der Waals surface area contributed by atoms with Gasteiger partial charge >= 0.3 is 0 Å². The van der Waals surface area contributed by atoms with Crippen LogP contribution in [0.2, 0.25) is 0 Å². The molecule has 0 unspecified atom stereocenters. The van der Waals surface area contributed by atoms with Gasteiger partial charge in [0.05, 0.1) is 4.90 Å². The summed E-state index contributed by atoms with van der Waals surface area (Å²) in [5, 5.41) is 2.63. The summed E-state index contributed by atoms with van der Waals surface area (Å²) >= 11 is 0. The number of hydrogen-bond donors (Lipinski definition) is 2. The van der Waals surface area contributed by atoms with Crippen molar-refractivity contribution in [3.8, 4) is 0 Å². The van der Waals surface area contributed by atoms with Crippen LogP contribution in [0, 0.1) is 5.82 Å². The Bertz CT molecular complexity index is 803. The molecule has 0 aliphatic heterocycles. The molecule has 5 nitrogen and oxygen atoms in total. The lowest BCUT2D eigenvalue weighted by Gasteiger charge is -2.12. The number of anilines is 1. The van der Waals surface area contributed by atoms with Gasteiger partial charge in [0.25, 0.3) is 5.91 Å². The van der Waals surface area contributed by atoms with Crippen LogP contribution in [0.15, 0.2) is 53.4 Å². The van der Waals surface area contributed by atoms with Gasteiger partial charge in [-0.25, -0.2) is 17.5 Å². The number of hydrogen-bond acceptors (Lipinski definition) is 3. The fourth-order valence-corrected chi connectivity index (χ4v) is 3.27. The van der Waals surface area contributed by atoms with Gasteiger partial charge < -0.3 is 5.32 Å². The summed E-state index contributed by atoms with van der Waals surface area (Å²) in [6.45, 7) is 3.68. The molecule has 24 heavy (non-hydrogen) atoms. The van der Waals surface area contributed by atoms with Crippen LogP contribution in [0.25, 0.3) is 0 Å². The van der Waals surface area contributed by atoms with E-state index in [9.17, 15) is 17.6 Å². The fourth-order valence-electron chi connectivity index (χ4n) is 1.94. The Hall–Kier alpha value is -2.25. The Kier molecular flexibility index (Phi) is 5.69. The molecule has 2 aromatic carbocycles. The average molecular weight is 350 g/mol. The molecule has 0 aliphatic carbocycles. The number of rotatable bonds is 6. The molecular formula is C17H19FN2O3S. The van der Waals surface area contributed by atoms with Gasteiger partial charge in [0.15, 0.2) is 0 Å². The summed E-state index contributed by atoms with van der Waals surface area (Å²) in [6, 6.07) is 10.8. The Morgan fingerprint density at radius 3 is 2.21 bits per heavy atom. The smallest absolute Gasteiger partial charge is 0.255 e.